The van der Waals surface area contributed by atoms with E-state index in [9.17, 15) is 9.50 Å². The highest BCUT2D eigenvalue weighted by atomic mass is 32.2. The summed E-state index contributed by atoms with van der Waals surface area (Å²) in [7, 11) is 1.52. The molecule has 0 fully saturated rings. The third-order valence-electron chi connectivity index (χ3n) is 1.77. The molecule has 0 saturated heterocycles. The molecule has 84 valence electrons. The average Bonchev–Trinajstić information content (AvgIpc) is 2.20. The topological polar surface area (TPSA) is 55.5 Å². The summed E-state index contributed by atoms with van der Waals surface area (Å²) in [5.74, 6) is 0.0400. The number of ether oxygens (including phenoxy) is 1. The maximum absolute atomic E-state index is 13.0. The average molecular weight is 231 g/mol. The number of methoxy groups -OCH3 is 1. The Balaban J connectivity index is 2.47. The number of aliphatic hydroxyl groups excluding tert-OH is 1. The summed E-state index contributed by atoms with van der Waals surface area (Å²) in [4.78, 5) is 0.747. The van der Waals surface area contributed by atoms with Crippen LogP contribution >= 0.6 is 11.8 Å². The van der Waals surface area contributed by atoms with Crippen molar-refractivity contribution in [2.75, 3.05) is 25.2 Å². The highest BCUT2D eigenvalue weighted by Gasteiger charge is 2.05. The van der Waals surface area contributed by atoms with Gasteiger partial charge in [0.1, 0.15) is 5.82 Å². The second-order valence-corrected chi connectivity index (χ2v) is 4.20. The lowest BCUT2D eigenvalue weighted by Crippen LogP contribution is -2.16. The number of benzene rings is 1. The summed E-state index contributed by atoms with van der Waals surface area (Å²) >= 11 is 1.37. The number of rotatable bonds is 5. The third kappa shape index (κ3) is 4.07. The zero-order chi connectivity index (χ0) is 11.3. The summed E-state index contributed by atoms with van der Waals surface area (Å²) in [6, 6.07) is 4.60. The van der Waals surface area contributed by atoms with Crippen molar-refractivity contribution in [3.05, 3.63) is 24.0 Å². The number of aliphatic hydroxyl groups is 1. The SMILES string of the molecule is COCC(O)CSc1ccc(N)c(F)c1. The van der Waals surface area contributed by atoms with Crippen LogP contribution < -0.4 is 5.73 Å². The molecule has 15 heavy (non-hydrogen) atoms. The monoisotopic (exact) mass is 231 g/mol. The van der Waals surface area contributed by atoms with E-state index in [1.165, 1.54) is 31.0 Å². The first-order chi connectivity index (χ1) is 7.13. The Hall–Kier alpha value is -0.780. The van der Waals surface area contributed by atoms with Gasteiger partial charge in [0.2, 0.25) is 0 Å². The fourth-order valence-electron chi connectivity index (χ4n) is 1.03. The Morgan fingerprint density at radius 3 is 2.93 bits per heavy atom. The van der Waals surface area contributed by atoms with Crippen LogP contribution in [-0.4, -0.2) is 30.7 Å². The van der Waals surface area contributed by atoms with Gasteiger partial charge in [-0.15, -0.1) is 11.8 Å². The molecule has 5 heteroatoms. The van der Waals surface area contributed by atoms with E-state index in [0.29, 0.717) is 5.75 Å². The lowest BCUT2D eigenvalue weighted by molar-refractivity contribution is 0.0794. The summed E-state index contributed by atoms with van der Waals surface area (Å²) < 4.78 is 17.8. The van der Waals surface area contributed by atoms with Crippen LogP contribution in [0.5, 0.6) is 0 Å². The molecule has 3 nitrogen and oxygen atoms in total. The first kappa shape index (κ1) is 12.3. The number of nitrogen functional groups attached to an aromatic ring is 1. The molecule has 0 aliphatic rings. The molecule has 1 rings (SSSR count). The Kier molecular flexibility index (Phi) is 4.87. The number of hydrogen-bond donors (Lipinski definition) is 2. The molecule has 1 aromatic rings. The van der Waals surface area contributed by atoms with Crippen LogP contribution in [0.25, 0.3) is 0 Å². The van der Waals surface area contributed by atoms with Crippen molar-refractivity contribution in [1.29, 1.82) is 0 Å². The van der Waals surface area contributed by atoms with Crippen molar-refractivity contribution >= 4 is 17.4 Å². The predicted molar refractivity (Wildman–Crippen MR) is 59.4 cm³/mol. The van der Waals surface area contributed by atoms with Gasteiger partial charge in [-0.1, -0.05) is 0 Å². The van der Waals surface area contributed by atoms with Crippen molar-refractivity contribution in [3.63, 3.8) is 0 Å². The van der Waals surface area contributed by atoms with Gasteiger partial charge in [0, 0.05) is 17.8 Å². The summed E-state index contributed by atoms with van der Waals surface area (Å²) in [6.07, 6.45) is -0.541. The van der Waals surface area contributed by atoms with Crippen LogP contribution in [0.15, 0.2) is 23.1 Å². The van der Waals surface area contributed by atoms with Crippen molar-refractivity contribution in [1.82, 2.24) is 0 Å². The van der Waals surface area contributed by atoms with Crippen molar-refractivity contribution < 1.29 is 14.2 Å². The first-order valence-corrected chi connectivity index (χ1v) is 5.47. The molecule has 0 saturated carbocycles. The maximum atomic E-state index is 13.0. The molecule has 1 unspecified atom stereocenters. The minimum Gasteiger partial charge on any atom is -0.396 e. The molecular formula is C10H14FNO2S. The molecule has 0 heterocycles. The van der Waals surface area contributed by atoms with Crippen molar-refractivity contribution in [2.45, 2.75) is 11.0 Å². The quantitative estimate of drug-likeness (QED) is 0.595. The van der Waals surface area contributed by atoms with Crippen LogP contribution in [0.3, 0.4) is 0 Å². The number of hydrogen-bond acceptors (Lipinski definition) is 4. The summed E-state index contributed by atoms with van der Waals surface area (Å²) in [6.45, 7) is 0.282. The van der Waals surface area contributed by atoms with Gasteiger partial charge >= 0.3 is 0 Å². The van der Waals surface area contributed by atoms with E-state index < -0.39 is 11.9 Å². The lowest BCUT2D eigenvalue weighted by atomic mass is 10.3. The van der Waals surface area contributed by atoms with E-state index in [4.69, 9.17) is 10.5 Å². The van der Waals surface area contributed by atoms with E-state index in [2.05, 4.69) is 0 Å². The van der Waals surface area contributed by atoms with E-state index in [1.54, 1.807) is 6.07 Å². The minimum absolute atomic E-state index is 0.136. The summed E-state index contributed by atoms with van der Waals surface area (Å²) in [5.41, 5.74) is 5.47. The maximum Gasteiger partial charge on any atom is 0.147 e. The van der Waals surface area contributed by atoms with Gasteiger partial charge in [0.25, 0.3) is 0 Å². The molecule has 1 aromatic carbocycles. The first-order valence-electron chi connectivity index (χ1n) is 4.48. The van der Waals surface area contributed by atoms with Gasteiger partial charge < -0.3 is 15.6 Å². The largest absolute Gasteiger partial charge is 0.396 e. The van der Waals surface area contributed by atoms with Crippen LogP contribution in [-0.2, 0) is 4.74 Å². The Morgan fingerprint density at radius 2 is 2.33 bits per heavy atom. The van der Waals surface area contributed by atoms with Gasteiger partial charge in [-0.05, 0) is 18.2 Å². The predicted octanol–water partition coefficient (Wildman–Crippen LogP) is 1.51. The lowest BCUT2D eigenvalue weighted by Gasteiger charge is -2.08. The van der Waals surface area contributed by atoms with Gasteiger partial charge in [-0.2, -0.15) is 0 Å². The number of nitrogens with two attached hydrogens (primary N) is 1. The van der Waals surface area contributed by atoms with E-state index in [1.807, 2.05) is 0 Å². The molecule has 0 radical (unpaired) electrons. The second kappa shape index (κ2) is 5.95. The van der Waals surface area contributed by atoms with E-state index >= 15 is 0 Å². The molecular weight excluding hydrogens is 217 g/mol. The van der Waals surface area contributed by atoms with Crippen LogP contribution in [0.4, 0.5) is 10.1 Å². The van der Waals surface area contributed by atoms with Crippen molar-refractivity contribution in [2.24, 2.45) is 0 Å². The fraction of sp³-hybridized carbons (Fsp3) is 0.400. The molecule has 1 atom stereocenters. The molecule has 0 aliphatic carbocycles. The molecule has 0 spiro atoms. The minimum atomic E-state index is -0.541. The summed E-state index contributed by atoms with van der Waals surface area (Å²) in [5, 5.41) is 9.37. The third-order valence-corrected chi connectivity index (χ3v) is 2.91. The van der Waals surface area contributed by atoms with Gasteiger partial charge in [-0.25, -0.2) is 4.39 Å². The number of anilines is 1. The zero-order valence-electron chi connectivity index (χ0n) is 8.44. The number of thioether (sulfide) groups is 1. The smallest absolute Gasteiger partial charge is 0.147 e. The Bertz CT molecular complexity index is 322. The van der Waals surface area contributed by atoms with Gasteiger partial charge in [0.05, 0.1) is 18.4 Å². The van der Waals surface area contributed by atoms with Crippen LogP contribution in [0.2, 0.25) is 0 Å². The second-order valence-electron chi connectivity index (χ2n) is 3.10. The highest BCUT2D eigenvalue weighted by Crippen LogP contribution is 2.22. The molecule has 0 aliphatic heterocycles. The molecule has 0 bridgehead atoms. The highest BCUT2D eigenvalue weighted by molar-refractivity contribution is 7.99. The molecule has 0 amide bonds. The van der Waals surface area contributed by atoms with E-state index in [-0.39, 0.29) is 12.3 Å². The zero-order valence-corrected chi connectivity index (χ0v) is 9.26. The van der Waals surface area contributed by atoms with Crippen molar-refractivity contribution in [3.8, 4) is 0 Å². The normalized spacial score (nSPS) is 12.7. The Morgan fingerprint density at radius 1 is 1.60 bits per heavy atom. The number of halogens is 1. The van der Waals surface area contributed by atoms with Gasteiger partial charge in [0.15, 0.2) is 0 Å². The van der Waals surface area contributed by atoms with Crippen LogP contribution in [0, 0.1) is 5.82 Å². The molecule has 0 aromatic heterocycles. The fourth-order valence-corrected chi connectivity index (χ4v) is 1.86. The Labute approximate surface area is 92.4 Å². The molecule has 3 N–H and O–H groups in total. The standard InChI is InChI=1S/C10H14FNO2S/c1-14-5-7(13)6-15-8-2-3-10(12)9(11)4-8/h2-4,7,13H,5-6,12H2,1H3. The van der Waals surface area contributed by atoms with E-state index in [0.717, 1.165) is 4.90 Å². The van der Waals surface area contributed by atoms with Gasteiger partial charge in [-0.3, -0.25) is 0 Å². The van der Waals surface area contributed by atoms with Crippen LogP contribution in [0.1, 0.15) is 0 Å².